The molecule has 1 aliphatic heterocycles. The van der Waals surface area contributed by atoms with E-state index < -0.39 is 10.0 Å². The van der Waals surface area contributed by atoms with E-state index in [4.69, 9.17) is 10.9 Å². The average Bonchev–Trinajstić information content (AvgIpc) is 2.37. The van der Waals surface area contributed by atoms with Crippen molar-refractivity contribution in [3.63, 3.8) is 0 Å². The van der Waals surface area contributed by atoms with Gasteiger partial charge in [0.05, 0.1) is 22.4 Å². The number of hydrogen-bond donors (Lipinski definition) is 3. The number of primary sulfonamides is 1. The number of nitrogens with zero attached hydrogens (tertiary/aromatic N) is 1. The van der Waals surface area contributed by atoms with Crippen molar-refractivity contribution in [2.24, 2.45) is 11.1 Å². The molecule has 1 atom stereocenters. The van der Waals surface area contributed by atoms with Crippen LogP contribution < -0.4 is 15.8 Å². The van der Waals surface area contributed by atoms with E-state index in [2.05, 4.69) is 4.90 Å². The van der Waals surface area contributed by atoms with Crippen LogP contribution in [0.5, 0.6) is 0 Å². The topological polar surface area (TPSA) is 110 Å². The molecular weight excluding hydrogens is 278 g/mol. The van der Waals surface area contributed by atoms with Gasteiger partial charge in [-0.05, 0) is 43.9 Å². The minimum absolute atomic E-state index is 0.0256. The fourth-order valence-corrected chi connectivity index (χ4v) is 3.17. The maximum Gasteiger partial charge on any atom is 0.238 e. The minimum atomic E-state index is -3.72. The van der Waals surface area contributed by atoms with E-state index in [-0.39, 0.29) is 11.0 Å². The lowest BCUT2D eigenvalue weighted by atomic mass is 9.92. The Kier molecular flexibility index (Phi) is 4.22. The Balaban J connectivity index is 2.15. The largest absolute Gasteiger partial charge is 0.397 e. The SMILES string of the molecule is CC(O)C1CCN(c2ccc(S(N)(=O)=O)cc2N)CC1. The molecule has 1 unspecified atom stereocenters. The Labute approximate surface area is 119 Å². The predicted octanol–water partition coefficient (Wildman–Crippen LogP) is 0.513. The molecule has 20 heavy (non-hydrogen) atoms. The first-order chi connectivity index (χ1) is 9.29. The van der Waals surface area contributed by atoms with Crippen LogP contribution in [0.4, 0.5) is 11.4 Å². The number of anilines is 2. The highest BCUT2D eigenvalue weighted by atomic mass is 32.2. The van der Waals surface area contributed by atoms with Gasteiger partial charge in [0.15, 0.2) is 0 Å². The number of aliphatic hydroxyl groups is 1. The van der Waals surface area contributed by atoms with Gasteiger partial charge in [-0.1, -0.05) is 0 Å². The Bertz CT molecular complexity index is 579. The maximum absolute atomic E-state index is 11.3. The van der Waals surface area contributed by atoms with Gasteiger partial charge in [0, 0.05) is 13.1 Å². The third-order valence-electron chi connectivity index (χ3n) is 3.89. The lowest BCUT2D eigenvalue weighted by Gasteiger charge is -2.35. The van der Waals surface area contributed by atoms with Crippen LogP contribution in [0.1, 0.15) is 19.8 Å². The van der Waals surface area contributed by atoms with Gasteiger partial charge in [-0.25, -0.2) is 13.6 Å². The monoisotopic (exact) mass is 299 g/mol. The van der Waals surface area contributed by atoms with Crippen LogP contribution >= 0.6 is 0 Å². The van der Waals surface area contributed by atoms with Crippen LogP contribution in [-0.4, -0.2) is 32.7 Å². The highest BCUT2D eigenvalue weighted by molar-refractivity contribution is 7.89. The zero-order valence-electron chi connectivity index (χ0n) is 11.5. The summed E-state index contributed by atoms with van der Waals surface area (Å²) < 4.78 is 22.5. The Morgan fingerprint density at radius 3 is 2.40 bits per heavy atom. The third-order valence-corrected chi connectivity index (χ3v) is 4.80. The van der Waals surface area contributed by atoms with Crippen molar-refractivity contribution in [1.29, 1.82) is 0 Å². The number of benzene rings is 1. The summed E-state index contributed by atoms with van der Waals surface area (Å²) in [7, 11) is -3.72. The molecule has 2 rings (SSSR count). The summed E-state index contributed by atoms with van der Waals surface area (Å²) in [4.78, 5) is 2.14. The molecule has 1 heterocycles. The highest BCUT2D eigenvalue weighted by Crippen LogP contribution is 2.30. The van der Waals surface area contributed by atoms with Crippen molar-refractivity contribution < 1.29 is 13.5 Å². The number of hydrogen-bond acceptors (Lipinski definition) is 5. The standard InChI is InChI=1S/C13H21N3O3S/c1-9(17)10-4-6-16(7-5-10)13-3-2-11(8-12(13)14)20(15,18)19/h2-3,8-10,17H,4-7,14H2,1H3,(H2,15,18,19). The first-order valence-electron chi connectivity index (χ1n) is 6.64. The molecule has 112 valence electrons. The van der Waals surface area contributed by atoms with Gasteiger partial charge in [-0.2, -0.15) is 0 Å². The normalized spacial score (nSPS) is 19.1. The number of rotatable bonds is 3. The number of aliphatic hydroxyl groups excluding tert-OH is 1. The highest BCUT2D eigenvalue weighted by Gasteiger charge is 2.24. The van der Waals surface area contributed by atoms with E-state index in [1.165, 1.54) is 12.1 Å². The first kappa shape index (κ1) is 15.1. The molecule has 1 aromatic rings. The van der Waals surface area contributed by atoms with Gasteiger partial charge in [0.1, 0.15) is 0 Å². The van der Waals surface area contributed by atoms with Crippen LogP contribution in [0.25, 0.3) is 0 Å². The molecule has 0 bridgehead atoms. The fourth-order valence-electron chi connectivity index (χ4n) is 2.62. The zero-order chi connectivity index (χ0) is 14.9. The molecule has 0 aromatic heterocycles. The zero-order valence-corrected chi connectivity index (χ0v) is 12.3. The van der Waals surface area contributed by atoms with E-state index in [1.54, 1.807) is 6.07 Å². The van der Waals surface area contributed by atoms with E-state index in [1.807, 2.05) is 6.92 Å². The quantitative estimate of drug-likeness (QED) is 0.705. The minimum Gasteiger partial charge on any atom is -0.397 e. The second-order valence-corrected chi connectivity index (χ2v) is 6.89. The molecule has 1 aromatic carbocycles. The van der Waals surface area contributed by atoms with Crippen molar-refractivity contribution in [3.8, 4) is 0 Å². The number of nitrogens with two attached hydrogens (primary N) is 2. The molecule has 1 fully saturated rings. The summed E-state index contributed by atoms with van der Waals surface area (Å²) in [5.74, 6) is 0.316. The lowest BCUT2D eigenvalue weighted by molar-refractivity contribution is 0.110. The van der Waals surface area contributed by atoms with Gasteiger partial charge in [0.25, 0.3) is 0 Å². The van der Waals surface area contributed by atoms with E-state index in [9.17, 15) is 13.5 Å². The molecule has 5 N–H and O–H groups in total. The Hall–Kier alpha value is -1.31. The van der Waals surface area contributed by atoms with Gasteiger partial charge >= 0.3 is 0 Å². The second kappa shape index (κ2) is 5.59. The average molecular weight is 299 g/mol. The van der Waals surface area contributed by atoms with Crippen LogP contribution in [-0.2, 0) is 10.0 Å². The Morgan fingerprint density at radius 1 is 1.35 bits per heavy atom. The summed E-state index contributed by atoms with van der Waals surface area (Å²) >= 11 is 0. The van der Waals surface area contributed by atoms with Crippen molar-refractivity contribution in [1.82, 2.24) is 0 Å². The maximum atomic E-state index is 11.3. The molecule has 1 saturated heterocycles. The van der Waals surface area contributed by atoms with Crippen LogP contribution in [0.15, 0.2) is 23.1 Å². The third kappa shape index (κ3) is 3.23. The molecule has 0 amide bonds. The second-order valence-electron chi connectivity index (χ2n) is 5.33. The summed E-state index contributed by atoms with van der Waals surface area (Å²) in [5, 5.41) is 14.7. The Morgan fingerprint density at radius 2 is 1.95 bits per heavy atom. The number of sulfonamides is 1. The van der Waals surface area contributed by atoms with Crippen molar-refractivity contribution >= 4 is 21.4 Å². The van der Waals surface area contributed by atoms with Crippen LogP contribution in [0, 0.1) is 5.92 Å². The van der Waals surface area contributed by atoms with Gasteiger partial charge < -0.3 is 15.7 Å². The van der Waals surface area contributed by atoms with Gasteiger partial charge in [-0.15, -0.1) is 0 Å². The summed E-state index contributed by atoms with van der Waals surface area (Å²) in [6.45, 7) is 3.42. The molecular formula is C13H21N3O3S. The molecule has 1 aliphatic rings. The van der Waals surface area contributed by atoms with Gasteiger partial charge in [-0.3, -0.25) is 0 Å². The smallest absolute Gasteiger partial charge is 0.238 e. The molecule has 7 heteroatoms. The summed E-state index contributed by atoms with van der Waals surface area (Å²) in [6, 6.07) is 4.56. The molecule has 6 nitrogen and oxygen atoms in total. The molecule has 0 spiro atoms. The summed E-state index contributed by atoms with van der Waals surface area (Å²) in [5.41, 5.74) is 7.16. The van der Waals surface area contributed by atoms with Gasteiger partial charge in [0.2, 0.25) is 10.0 Å². The first-order valence-corrected chi connectivity index (χ1v) is 8.19. The fraction of sp³-hybridized carbons (Fsp3) is 0.538. The van der Waals surface area contributed by atoms with Crippen molar-refractivity contribution in [2.45, 2.75) is 30.8 Å². The van der Waals surface area contributed by atoms with E-state index in [0.29, 0.717) is 11.6 Å². The van der Waals surface area contributed by atoms with Crippen molar-refractivity contribution in [3.05, 3.63) is 18.2 Å². The molecule has 0 aliphatic carbocycles. The van der Waals surface area contributed by atoms with Crippen molar-refractivity contribution in [2.75, 3.05) is 23.7 Å². The van der Waals surface area contributed by atoms with Crippen LogP contribution in [0.2, 0.25) is 0 Å². The number of piperidine rings is 1. The predicted molar refractivity (Wildman–Crippen MR) is 78.8 cm³/mol. The summed E-state index contributed by atoms with van der Waals surface area (Å²) in [6.07, 6.45) is 1.50. The molecule has 0 saturated carbocycles. The van der Waals surface area contributed by atoms with Crippen LogP contribution in [0.3, 0.4) is 0 Å². The number of nitrogen functional groups attached to an aromatic ring is 1. The molecule has 0 radical (unpaired) electrons. The van der Waals surface area contributed by atoms with E-state index in [0.717, 1.165) is 31.6 Å². The lowest BCUT2D eigenvalue weighted by Crippen LogP contribution is -2.37. The van der Waals surface area contributed by atoms with E-state index >= 15 is 0 Å².